The largest absolute Gasteiger partial charge is 0.490 e. The summed E-state index contributed by atoms with van der Waals surface area (Å²) < 4.78 is 5.72. The standard InChI is InChI=1S/C18H24N2O3/c1-3-10-19(2)11-4-5-13-23-16-8-9-17-15(14-16)7-6-12-20(17)18(21)22/h3-5,8-9,14H,1,6-7,10-13H2,2H3,(H,21,22). The number of aryl methyl sites for hydroxylation is 1. The quantitative estimate of drug-likeness (QED) is 0.785. The van der Waals surface area contributed by atoms with Crippen LogP contribution >= 0.6 is 0 Å². The molecule has 2 rings (SSSR count). The molecule has 0 aliphatic carbocycles. The highest BCUT2D eigenvalue weighted by atomic mass is 16.5. The number of benzene rings is 1. The average molecular weight is 316 g/mol. The second kappa shape index (κ2) is 8.39. The van der Waals surface area contributed by atoms with Crippen molar-refractivity contribution in [3.05, 3.63) is 48.6 Å². The van der Waals surface area contributed by atoms with Crippen LogP contribution in [-0.4, -0.2) is 49.4 Å². The van der Waals surface area contributed by atoms with Gasteiger partial charge in [-0.25, -0.2) is 4.79 Å². The van der Waals surface area contributed by atoms with Crippen LogP contribution in [0, 0.1) is 0 Å². The van der Waals surface area contributed by atoms with Crippen molar-refractivity contribution in [1.82, 2.24) is 4.90 Å². The molecule has 5 heteroatoms. The van der Waals surface area contributed by atoms with E-state index >= 15 is 0 Å². The first-order chi connectivity index (χ1) is 11.1. The van der Waals surface area contributed by atoms with Crippen molar-refractivity contribution in [3.63, 3.8) is 0 Å². The van der Waals surface area contributed by atoms with E-state index in [0.29, 0.717) is 13.2 Å². The number of likely N-dealkylation sites (N-methyl/N-ethyl adjacent to an activating group) is 1. The highest BCUT2D eigenvalue weighted by molar-refractivity contribution is 5.87. The van der Waals surface area contributed by atoms with E-state index in [1.165, 1.54) is 4.90 Å². The molecule has 1 N–H and O–H groups in total. The summed E-state index contributed by atoms with van der Waals surface area (Å²) in [5.41, 5.74) is 1.81. The molecule has 1 aliphatic heterocycles. The van der Waals surface area contributed by atoms with E-state index in [1.807, 2.05) is 37.4 Å². The van der Waals surface area contributed by atoms with Crippen molar-refractivity contribution in [1.29, 1.82) is 0 Å². The summed E-state index contributed by atoms with van der Waals surface area (Å²) in [6.45, 7) is 6.48. The Kier molecular flexibility index (Phi) is 6.23. The molecule has 0 saturated carbocycles. The molecule has 1 aliphatic rings. The Morgan fingerprint density at radius 2 is 2.26 bits per heavy atom. The maximum Gasteiger partial charge on any atom is 0.411 e. The number of amides is 1. The number of fused-ring (bicyclic) bond motifs is 1. The molecular weight excluding hydrogens is 292 g/mol. The van der Waals surface area contributed by atoms with Crippen LogP contribution in [0.15, 0.2) is 43.0 Å². The van der Waals surface area contributed by atoms with Crippen LogP contribution in [-0.2, 0) is 6.42 Å². The number of carboxylic acid groups (broad SMARTS) is 1. The van der Waals surface area contributed by atoms with Gasteiger partial charge in [0.15, 0.2) is 0 Å². The minimum atomic E-state index is -0.897. The lowest BCUT2D eigenvalue weighted by molar-refractivity contribution is 0.201. The zero-order valence-corrected chi connectivity index (χ0v) is 13.6. The van der Waals surface area contributed by atoms with E-state index in [2.05, 4.69) is 17.6 Å². The fraction of sp³-hybridized carbons (Fsp3) is 0.389. The summed E-state index contributed by atoms with van der Waals surface area (Å²) >= 11 is 0. The molecule has 0 radical (unpaired) electrons. The number of ether oxygens (including phenoxy) is 1. The number of rotatable bonds is 7. The molecule has 1 amide bonds. The van der Waals surface area contributed by atoms with Gasteiger partial charge in [-0.2, -0.15) is 0 Å². The maximum absolute atomic E-state index is 11.2. The van der Waals surface area contributed by atoms with Crippen molar-refractivity contribution < 1.29 is 14.6 Å². The molecule has 0 unspecified atom stereocenters. The summed E-state index contributed by atoms with van der Waals surface area (Å²) in [5, 5.41) is 9.21. The Morgan fingerprint density at radius 1 is 1.43 bits per heavy atom. The Hall–Kier alpha value is -2.27. The third-order valence-corrected chi connectivity index (χ3v) is 3.77. The minimum Gasteiger partial charge on any atom is -0.490 e. The fourth-order valence-corrected chi connectivity index (χ4v) is 2.62. The van der Waals surface area contributed by atoms with E-state index in [4.69, 9.17) is 4.74 Å². The fourth-order valence-electron chi connectivity index (χ4n) is 2.62. The molecule has 1 aromatic carbocycles. The maximum atomic E-state index is 11.2. The van der Waals surface area contributed by atoms with Crippen LogP contribution in [0.2, 0.25) is 0 Å². The molecule has 0 aromatic heterocycles. The molecule has 0 fully saturated rings. The molecule has 0 bridgehead atoms. The van der Waals surface area contributed by atoms with Gasteiger partial charge in [0.1, 0.15) is 12.4 Å². The summed E-state index contributed by atoms with van der Waals surface area (Å²) in [7, 11) is 2.03. The van der Waals surface area contributed by atoms with Gasteiger partial charge in [-0.3, -0.25) is 9.80 Å². The number of nitrogens with zero attached hydrogens (tertiary/aromatic N) is 2. The van der Waals surface area contributed by atoms with Gasteiger partial charge < -0.3 is 9.84 Å². The molecule has 1 aromatic rings. The molecule has 1 heterocycles. The third-order valence-electron chi connectivity index (χ3n) is 3.77. The first-order valence-electron chi connectivity index (χ1n) is 7.82. The lowest BCUT2D eigenvalue weighted by atomic mass is 10.0. The Morgan fingerprint density at radius 3 is 3.00 bits per heavy atom. The molecular formula is C18H24N2O3. The van der Waals surface area contributed by atoms with E-state index < -0.39 is 6.09 Å². The summed E-state index contributed by atoms with van der Waals surface area (Å²) in [6.07, 6.45) is 6.76. The van der Waals surface area contributed by atoms with Crippen LogP contribution < -0.4 is 9.64 Å². The van der Waals surface area contributed by atoms with Crippen LogP contribution in [0.3, 0.4) is 0 Å². The van der Waals surface area contributed by atoms with Gasteiger partial charge in [-0.05, 0) is 43.7 Å². The molecule has 0 saturated heterocycles. The van der Waals surface area contributed by atoms with Crippen LogP contribution in [0.1, 0.15) is 12.0 Å². The number of carbonyl (C=O) groups is 1. The van der Waals surface area contributed by atoms with Gasteiger partial charge in [-0.15, -0.1) is 6.58 Å². The van der Waals surface area contributed by atoms with E-state index in [-0.39, 0.29) is 0 Å². The van der Waals surface area contributed by atoms with Crippen molar-refractivity contribution in [3.8, 4) is 5.75 Å². The second-order valence-corrected chi connectivity index (χ2v) is 5.62. The van der Waals surface area contributed by atoms with E-state index in [9.17, 15) is 9.90 Å². The van der Waals surface area contributed by atoms with Crippen molar-refractivity contribution in [2.24, 2.45) is 0 Å². The molecule has 124 valence electrons. The van der Waals surface area contributed by atoms with E-state index in [1.54, 1.807) is 0 Å². The van der Waals surface area contributed by atoms with Crippen molar-refractivity contribution in [2.75, 3.05) is 38.2 Å². The van der Waals surface area contributed by atoms with Crippen LogP contribution in [0.25, 0.3) is 0 Å². The number of hydrogen-bond donors (Lipinski definition) is 1. The zero-order valence-electron chi connectivity index (χ0n) is 13.6. The molecule has 23 heavy (non-hydrogen) atoms. The molecule has 0 spiro atoms. The lowest BCUT2D eigenvalue weighted by Crippen LogP contribution is -2.34. The first-order valence-corrected chi connectivity index (χ1v) is 7.82. The minimum absolute atomic E-state index is 0.503. The van der Waals surface area contributed by atoms with Crippen molar-refractivity contribution >= 4 is 11.8 Å². The van der Waals surface area contributed by atoms with Crippen molar-refractivity contribution in [2.45, 2.75) is 12.8 Å². The monoisotopic (exact) mass is 316 g/mol. The lowest BCUT2D eigenvalue weighted by Gasteiger charge is -2.27. The highest BCUT2D eigenvalue weighted by Crippen LogP contribution is 2.30. The van der Waals surface area contributed by atoms with Gasteiger partial charge >= 0.3 is 6.09 Å². The van der Waals surface area contributed by atoms with Crippen LogP contribution in [0.5, 0.6) is 5.75 Å². The second-order valence-electron chi connectivity index (χ2n) is 5.62. The van der Waals surface area contributed by atoms with Gasteiger partial charge in [0, 0.05) is 19.6 Å². The summed E-state index contributed by atoms with van der Waals surface area (Å²) in [5.74, 6) is 0.778. The predicted molar refractivity (Wildman–Crippen MR) is 92.5 cm³/mol. The zero-order chi connectivity index (χ0) is 16.7. The van der Waals surface area contributed by atoms with Gasteiger partial charge in [0.25, 0.3) is 0 Å². The first kappa shape index (κ1) is 17.1. The van der Waals surface area contributed by atoms with Crippen LogP contribution in [0.4, 0.5) is 10.5 Å². The summed E-state index contributed by atoms with van der Waals surface area (Å²) in [6, 6.07) is 5.61. The molecule has 0 atom stereocenters. The van der Waals surface area contributed by atoms with E-state index in [0.717, 1.165) is 42.9 Å². The number of anilines is 1. The topological polar surface area (TPSA) is 53.0 Å². The highest BCUT2D eigenvalue weighted by Gasteiger charge is 2.22. The van der Waals surface area contributed by atoms with Gasteiger partial charge in [0.05, 0.1) is 5.69 Å². The average Bonchev–Trinajstić information content (AvgIpc) is 2.54. The summed E-state index contributed by atoms with van der Waals surface area (Å²) in [4.78, 5) is 14.8. The molecule has 5 nitrogen and oxygen atoms in total. The Labute approximate surface area is 137 Å². The predicted octanol–water partition coefficient (Wildman–Crippen LogP) is 3.17. The smallest absolute Gasteiger partial charge is 0.411 e. The Balaban J connectivity index is 1.89. The van der Waals surface area contributed by atoms with Gasteiger partial charge in [0.2, 0.25) is 0 Å². The Bertz CT molecular complexity index is 584. The third kappa shape index (κ3) is 4.86. The normalized spacial score (nSPS) is 14.1. The van der Waals surface area contributed by atoms with Gasteiger partial charge in [-0.1, -0.05) is 18.2 Å². The number of hydrogen-bond acceptors (Lipinski definition) is 3. The SMILES string of the molecule is C=CCN(C)CC=CCOc1ccc2c(c1)CCCN2C(=O)O.